The standard InChI is InChI=1S/C12H16BrN3/c13-11-2-9-1-10(3-11)5-12(4-9,6-11)16-8-14-7-15-16/h7-10H,1-6H2. The van der Waals surface area contributed by atoms with Crippen molar-refractivity contribution in [2.24, 2.45) is 11.8 Å². The maximum atomic E-state index is 4.42. The number of aromatic nitrogens is 3. The molecule has 0 N–H and O–H groups in total. The van der Waals surface area contributed by atoms with Crippen LogP contribution >= 0.6 is 15.9 Å². The van der Waals surface area contributed by atoms with Crippen molar-refractivity contribution < 1.29 is 0 Å². The van der Waals surface area contributed by atoms with Crippen molar-refractivity contribution in [2.45, 2.75) is 48.4 Å². The van der Waals surface area contributed by atoms with Crippen LogP contribution in [0.4, 0.5) is 0 Å². The maximum Gasteiger partial charge on any atom is 0.137 e. The first-order chi connectivity index (χ1) is 7.68. The number of halogens is 1. The fourth-order valence-corrected chi connectivity index (χ4v) is 6.26. The van der Waals surface area contributed by atoms with E-state index in [1.165, 1.54) is 38.5 Å². The first-order valence-corrected chi connectivity index (χ1v) is 7.01. The highest BCUT2D eigenvalue weighted by atomic mass is 79.9. The van der Waals surface area contributed by atoms with Gasteiger partial charge in [0.05, 0.1) is 5.54 Å². The monoisotopic (exact) mass is 281 g/mol. The zero-order chi connectivity index (χ0) is 10.8. The van der Waals surface area contributed by atoms with Crippen LogP contribution in [0.5, 0.6) is 0 Å². The normalized spacial score (nSPS) is 49.8. The molecule has 0 spiro atoms. The van der Waals surface area contributed by atoms with Gasteiger partial charge in [0.15, 0.2) is 0 Å². The number of hydrogen-bond donors (Lipinski definition) is 0. The van der Waals surface area contributed by atoms with Crippen LogP contribution in [0.25, 0.3) is 0 Å². The van der Waals surface area contributed by atoms with E-state index in [9.17, 15) is 0 Å². The average Bonchev–Trinajstić information content (AvgIpc) is 2.65. The molecule has 0 amide bonds. The second-order valence-corrected chi connectivity index (χ2v) is 7.86. The third kappa shape index (κ3) is 1.19. The van der Waals surface area contributed by atoms with Crippen LogP contribution < -0.4 is 0 Å². The number of nitrogens with zero attached hydrogens (tertiary/aromatic N) is 3. The number of hydrogen-bond acceptors (Lipinski definition) is 2. The quantitative estimate of drug-likeness (QED) is 0.741. The lowest BCUT2D eigenvalue weighted by Crippen LogP contribution is -2.57. The minimum Gasteiger partial charge on any atom is -0.247 e. The van der Waals surface area contributed by atoms with Crippen molar-refractivity contribution >= 4 is 15.9 Å². The molecule has 4 aliphatic carbocycles. The van der Waals surface area contributed by atoms with Gasteiger partial charge in [0, 0.05) is 4.32 Å². The Morgan fingerprint density at radius 1 is 1.19 bits per heavy atom. The summed E-state index contributed by atoms with van der Waals surface area (Å²) in [4.78, 5) is 4.14. The second kappa shape index (κ2) is 2.89. The molecule has 4 bridgehead atoms. The zero-order valence-corrected chi connectivity index (χ0v) is 10.9. The summed E-state index contributed by atoms with van der Waals surface area (Å²) in [6.07, 6.45) is 11.7. The number of rotatable bonds is 1. The van der Waals surface area contributed by atoms with Gasteiger partial charge in [-0.1, -0.05) is 15.9 Å². The van der Waals surface area contributed by atoms with Crippen molar-refractivity contribution in [1.82, 2.24) is 14.8 Å². The number of alkyl halides is 1. The Balaban J connectivity index is 1.80. The third-order valence-electron chi connectivity index (χ3n) is 4.86. The van der Waals surface area contributed by atoms with E-state index < -0.39 is 0 Å². The molecule has 0 radical (unpaired) electrons. The predicted octanol–water partition coefficient (Wildman–Crippen LogP) is 2.72. The van der Waals surface area contributed by atoms with Crippen molar-refractivity contribution in [3.8, 4) is 0 Å². The molecule has 1 aromatic rings. The van der Waals surface area contributed by atoms with Gasteiger partial charge in [-0.25, -0.2) is 9.67 Å². The smallest absolute Gasteiger partial charge is 0.137 e. The average molecular weight is 282 g/mol. The Bertz CT molecular complexity index is 400. The summed E-state index contributed by atoms with van der Waals surface area (Å²) in [6, 6.07) is 0. The van der Waals surface area contributed by atoms with Crippen LogP contribution in [0.2, 0.25) is 0 Å². The fourth-order valence-electron chi connectivity index (χ4n) is 4.82. The molecule has 4 heteroatoms. The molecule has 0 aromatic carbocycles. The van der Waals surface area contributed by atoms with Crippen molar-refractivity contribution in [1.29, 1.82) is 0 Å². The molecule has 4 fully saturated rings. The van der Waals surface area contributed by atoms with E-state index in [4.69, 9.17) is 0 Å². The topological polar surface area (TPSA) is 30.7 Å². The minimum atomic E-state index is 0.282. The van der Waals surface area contributed by atoms with Crippen LogP contribution in [0.15, 0.2) is 12.7 Å². The molecule has 4 saturated carbocycles. The van der Waals surface area contributed by atoms with Gasteiger partial charge >= 0.3 is 0 Å². The second-order valence-electron chi connectivity index (χ2n) is 6.18. The molecule has 1 aromatic heterocycles. The van der Waals surface area contributed by atoms with E-state index >= 15 is 0 Å². The lowest BCUT2D eigenvalue weighted by Gasteiger charge is -2.59. The largest absolute Gasteiger partial charge is 0.247 e. The van der Waals surface area contributed by atoms with Gasteiger partial charge in [0.25, 0.3) is 0 Å². The SMILES string of the molecule is BrC12CC3CC(C1)CC(n1cncn1)(C3)C2. The molecule has 0 saturated heterocycles. The van der Waals surface area contributed by atoms with Gasteiger partial charge in [-0.15, -0.1) is 0 Å². The molecule has 5 rings (SSSR count). The first kappa shape index (κ1) is 9.63. The molecule has 1 heterocycles. The summed E-state index contributed by atoms with van der Waals surface area (Å²) in [5.74, 6) is 1.81. The van der Waals surface area contributed by atoms with E-state index in [0.717, 1.165) is 11.8 Å². The summed E-state index contributed by atoms with van der Waals surface area (Å²) >= 11 is 4.02. The summed E-state index contributed by atoms with van der Waals surface area (Å²) in [7, 11) is 0. The first-order valence-electron chi connectivity index (χ1n) is 6.22. The van der Waals surface area contributed by atoms with Gasteiger partial charge in [0.1, 0.15) is 12.7 Å². The van der Waals surface area contributed by atoms with E-state index in [1.807, 2.05) is 6.33 Å². The van der Waals surface area contributed by atoms with Crippen LogP contribution in [-0.2, 0) is 5.54 Å². The van der Waals surface area contributed by atoms with Crippen LogP contribution in [0, 0.1) is 11.8 Å². The molecule has 4 aliphatic rings. The van der Waals surface area contributed by atoms with Gasteiger partial charge in [0.2, 0.25) is 0 Å². The lowest BCUT2D eigenvalue weighted by molar-refractivity contribution is -0.0324. The van der Waals surface area contributed by atoms with Crippen LogP contribution in [0.3, 0.4) is 0 Å². The minimum absolute atomic E-state index is 0.282. The third-order valence-corrected chi connectivity index (χ3v) is 5.79. The predicted molar refractivity (Wildman–Crippen MR) is 64.3 cm³/mol. The van der Waals surface area contributed by atoms with E-state index in [0.29, 0.717) is 4.32 Å². The van der Waals surface area contributed by atoms with Crippen LogP contribution in [0.1, 0.15) is 38.5 Å². The molecule has 2 atom stereocenters. The molecular weight excluding hydrogens is 266 g/mol. The Hall–Kier alpha value is -0.380. The Morgan fingerprint density at radius 2 is 1.94 bits per heavy atom. The Labute approximate surface area is 104 Å². The van der Waals surface area contributed by atoms with Gasteiger partial charge < -0.3 is 0 Å². The molecule has 2 unspecified atom stereocenters. The van der Waals surface area contributed by atoms with Crippen molar-refractivity contribution in [3.63, 3.8) is 0 Å². The molecule has 0 aliphatic heterocycles. The van der Waals surface area contributed by atoms with E-state index in [1.54, 1.807) is 6.33 Å². The molecular formula is C12H16BrN3. The Morgan fingerprint density at radius 3 is 2.50 bits per heavy atom. The highest BCUT2D eigenvalue weighted by Crippen LogP contribution is 2.63. The molecule has 86 valence electrons. The fraction of sp³-hybridized carbons (Fsp3) is 0.833. The van der Waals surface area contributed by atoms with Crippen LogP contribution in [-0.4, -0.2) is 19.1 Å². The summed E-state index contributed by atoms with van der Waals surface area (Å²) in [6.45, 7) is 0. The maximum absolute atomic E-state index is 4.42. The highest BCUT2D eigenvalue weighted by molar-refractivity contribution is 9.10. The summed E-state index contributed by atoms with van der Waals surface area (Å²) in [5.41, 5.74) is 0.282. The summed E-state index contributed by atoms with van der Waals surface area (Å²) in [5, 5.41) is 4.42. The van der Waals surface area contributed by atoms with Gasteiger partial charge in [-0.3, -0.25) is 0 Å². The van der Waals surface area contributed by atoms with Gasteiger partial charge in [-0.05, 0) is 50.4 Å². The summed E-state index contributed by atoms with van der Waals surface area (Å²) < 4.78 is 2.56. The van der Waals surface area contributed by atoms with Gasteiger partial charge in [-0.2, -0.15) is 5.10 Å². The lowest BCUT2D eigenvalue weighted by atomic mass is 9.53. The van der Waals surface area contributed by atoms with Crippen molar-refractivity contribution in [2.75, 3.05) is 0 Å². The Kier molecular flexibility index (Phi) is 1.74. The molecule has 3 nitrogen and oxygen atoms in total. The highest BCUT2D eigenvalue weighted by Gasteiger charge is 2.58. The van der Waals surface area contributed by atoms with E-state index in [2.05, 4.69) is 30.7 Å². The van der Waals surface area contributed by atoms with Crippen molar-refractivity contribution in [3.05, 3.63) is 12.7 Å². The molecule has 16 heavy (non-hydrogen) atoms. The zero-order valence-electron chi connectivity index (χ0n) is 9.27. The van der Waals surface area contributed by atoms with E-state index in [-0.39, 0.29) is 5.54 Å².